The maximum atomic E-state index is 12.0. The fraction of sp³-hybridized carbons (Fsp3) is 0.857. The minimum Gasteiger partial charge on any atom is -0.481 e. The fourth-order valence-corrected chi connectivity index (χ4v) is 3.16. The Kier molecular flexibility index (Phi) is 5.23. The first-order chi connectivity index (χ1) is 9.60. The molecule has 1 aliphatic carbocycles. The molecule has 2 amide bonds. The first-order valence-electron chi connectivity index (χ1n) is 7.49. The summed E-state index contributed by atoms with van der Waals surface area (Å²) in [6.07, 6.45) is 6.65. The summed E-state index contributed by atoms with van der Waals surface area (Å²) in [5.74, 6) is -0.855. The molecule has 1 unspecified atom stereocenters. The standard InChI is InChI=1S/C14H24N2O4/c17-12(18)9-14(6-2-1-3-7-14)16-13(19)15-10-11-5-4-8-20-11/h11H,1-10H2,(H,17,18)(H2,15,16,19). The van der Waals surface area contributed by atoms with E-state index in [1.54, 1.807) is 0 Å². The molecule has 0 aromatic heterocycles. The number of hydrogen-bond acceptors (Lipinski definition) is 3. The van der Waals surface area contributed by atoms with Crippen LogP contribution in [0, 0.1) is 0 Å². The van der Waals surface area contributed by atoms with E-state index in [9.17, 15) is 9.59 Å². The normalized spacial score (nSPS) is 25.1. The van der Waals surface area contributed by atoms with Crippen LogP contribution in [0.15, 0.2) is 0 Å². The van der Waals surface area contributed by atoms with Crippen LogP contribution >= 0.6 is 0 Å². The number of nitrogens with one attached hydrogen (secondary N) is 2. The van der Waals surface area contributed by atoms with E-state index in [-0.39, 0.29) is 18.6 Å². The van der Waals surface area contributed by atoms with Crippen molar-refractivity contribution in [1.29, 1.82) is 0 Å². The van der Waals surface area contributed by atoms with Gasteiger partial charge in [0.15, 0.2) is 0 Å². The van der Waals surface area contributed by atoms with Crippen molar-refractivity contribution >= 4 is 12.0 Å². The molecule has 6 heteroatoms. The van der Waals surface area contributed by atoms with Crippen molar-refractivity contribution in [2.45, 2.75) is 63.0 Å². The number of ether oxygens (including phenoxy) is 1. The molecule has 2 aliphatic rings. The van der Waals surface area contributed by atoms with Gasteiger partial charge >= 0.3 is 12.0 Å². The monoisotopic (exact) mass is 284 g/mol. The number of hydrogen-bond donors (Lipinski definition) is 3. The van der Waals surface area contributed by atoms with E-state index < -0.39 is 11.5 Å². The predicted octanol–water partition coefficient (Wildman–Crippen LogP) is 1.64. The first kappa shape index (κ1) is 15.1. The highest BCUT2D eigenvalue weighted by molar-refractivity contribution is 5.76. The van der Waals surface area contributed by atoms with Gasteiger partial charge in [-0.25, -0.2) is 4.79 Å². The van der Waals surface area contributed by atoms with Gasteiger partial charge in [0, 0.05) is 13.2 Å². The Hall–Kier alpha value is -1.30. The van der Waals surface area contributed by atoms with E-state index in [1.165, 1.54) is 0 Å². The lowest BCUT2D eigenvalue weighted by Crippen LogP contribution is -2.55. The molecule has 0 aromatic rings. The zero-order valence-electron chi connectivity index (χ0n) is 11.8. The van der Waals surface area contributed by atoms with Crippen LogP contribution in [-0.4, -0.2) is 41.9 Å². The van der Waals surface area contributed by atoms with Gasteiger partial charge in [0.25, 0.3) is 0 Å². The van der Waals surface area contributed by atoms with E-state index in [2.05, 4.69) is 10.6 Å². The van der Waals surface area contributed by atoms with Crippen LogP contribution in [0.2, 0.25) is 0 Å². The van der Waals surface area contributed by atoms with Gasteiger partial charge in [-0.05, 0) is 25.7 Å². The van der Waals surface area contributed by atoms with Gasteiger partial charge < -0.3 is 20.5 Å². The van der Waals surface area contributed by atoms with Crippen LogP contribution in [0.4, 0.5) is 4.79 Å². The number of carboxylic acid groups (broad SMARTS) is 1. The van der Waals surface area contributed by atoms with Crippen molar-refractivity contribution in [1.82, 2.24) is 10.6 Å². The van der Waals surface area contributed by atoms with Gasteiger partial charge in [-0.1, -0.05) is 19.3 Å². The average molecular weight is 284 g/mol. The third-order valence-electron chi connectivity index (χ3n) is 4.19. The summed E-state index contributed by atoms with van der Waals surface area (Å²) in [5, 5.41) is 14.8. The highest BCUT2D eigenvalue weighted by Crippen LogP contribution is 2.31. The van der Waals surface area contributed by atoms with Crippen LogP contribution in [-0.2, 0) is 9.53 Å². The highest BCUT2D eigenvalue weighted by atomic mass is 16.5. The second-order valence-corrected chi connectivity index (χ2v) is 5.88. The number of carboxylic acids is 1. The molecule has 0 bridgehead atoms. The summed E-state index contributed by atoms with van der Waals surface area (Å²) >= 11 is 0. The lowest BCUT2D eigenvalue weighted by atomic mass is 9.79. The third-order valence-corrected chi connectivity index (χ3v) is 4.19. The van der Waals surface area contributed by atoms with E-state index >= 15 is 0 Å². The van der Waals surface area contributed by atoms with Gasteiger partial charge in [-0.15, -0.1) is 0 Å². The van der Waals surface area contributed by atoms with Gasteiger partial charge in [-0.2, -0.15) is 0 Å². The predicted molar refractivity (Wildman–Crippen MR) is 73.6 cm³/mol. The lowest BCUT2D eigenvalue weighted by molar-refractivity contribution is -0.139. The lowest BCUT2D eigenvalue weighted by Gasteiger charge is -2.37. The average Bonchev–Trinajstić information content (AvgIpc) is 2.89. The van der Waals surface area contributed by atoms with Crippen molar-refractivity contribution < 1.29 is 19.4 Å². The maximum Gasteiger partial charge on any atom is 0.315 e. The number of carbonyl (C=O) groups is 2. The Labute approximate surface area is 119 Å². The fourth-order valence-electron chi connectivity index (χ4n) is 3.16. The Morgan fingerprint density at radius 3 is 2.55 bits per heavy atom. The molecular weight excluding hydrogens is 260 g/mol. The van der Waals surface area contributed by atoms with Crippen LogP contribution in [0.25, 0.3) is 0 Å². The molecule has 2 rings (SSSR count). The molecule has 114 valence electrons. The molecule has 0 aromatic carbocycles. The van der Waals surface area contributed by atoms with Crippen LogP contribution in [0.5, 0.6) is 0 Å². The summed E-state index contributed by atoms with van der Waals surface area (Å²) in [6, 6.07) is -0.274. The molecule has 6 nitrogen and oxygen atoms in total. The minimum absolute atomic E-state index is 0.000346. The SMILES string of the molecule is O=C(O)CC1(NC(=O)NCC2CCCO2)CCCCC1. The van der Waals surface area contributed by atoms with Crippen molar-refractivity contribution in [2.24, 2.45) is 0 Å². The molecule has 3 N–H and O–H groups in total. The molecule has 0 radical (unpaired) electrons. The second-order valence-electron chi connectivity index (χ2n) is 5.88. The quantitative estimate of drug-likeness (QED) is 0.716. The summed E-state index contributed by atoms with van der Waals surface area (Å²) in [6.45, 7) is 1.26. The Morgan fingerprint density at radius 1 is 1.20 bits per heavy atom. The molecular formula is C14H24N2O4. The highest BCUT2D eigenvalue weighted by Gasteiger charge is 2.35. The summed E-state index contributed by atoms with van der Waals surface area (Å²) < 4.78 is 5.45. The van der Waals surface area contributed by atoms with Crippen molar-refractivity contribution in [3.05, 3.63) is 0 Å². The smallest absolute Gasteiger partial charge is 0.315 e. The molecule has 0 spiro atoms. The van der Waals surface area contributed by atoms with Crippen LogP contribution < -0.4 is 10.6 Å². The molecule has 1 saturated carbocycles. The van der Waals surface area contributed by atoms with E-state index in [4.69, 9.17) is 9.84 Å². The third kappa shape index (κ3) is 4.37. The first-order valence-corrected chi connectivity index (χ1v) is 7.49. The number of carbonyl (C=O) groups excluding carboxylic acids is 1. The van der Waals surface area contributed by atoms with E-state index in [0.717, 1.165) is 51.6 Å². The van der Waals surface area contributed by atoms with Gasteiger partial charge in [0.2, 0.25) is 0 Å². The summed E-state index contributed by atoms with van der Waals surface area (Å²) in [7, 11) is 0. The number of aliphatic carboxylic acids is 1. The number of amides is 2. The number of rotatable bonds is 5. The van der Waals surface area contributed by atoms with Gasteiger partial charge in [0.1, 0.15) is 0 Å². The topological polar surface area (TPSA) is 87.7 Å². The largest absolute Gasteiger partial charge is 0.481 e. The van der Waals surface area contributed by atoms with E-state index in [0.29, 0.717) is 6.54 Å². The Morgan fingerprint density at radius 2 is 1.95 bits per heavy atom. The molecule has 20 heavy (non-hydrogen) atoms. The molecule has 1 heterocycles. The Bertz CT molecular complexity index is 347. The van der Waals surface area contributed by atoms with Crippen molar-refractivity contribution in [3.8, 4) is 0 Å². The van der Waals surface area contributed by atoms with Gasteiger partial charge in [0.05, 0.1) is 18.1 Å². The van der Waals surface area contributed by atoms with E-state index in [1.807, 2.05) is 0 Å². The Balaban J connectivity index is 1.82. The summed E-state index contributed by atoms with van der Waals surface area (Å²) in [5.41, 5.74) is -0.579. The second kappa shape index (κ2) is 6.92. The molecule has 1 atom stereocenters. The molecule has 1 aliphatic heterocycles. The molecule has 2 fully saturated rings. The maximum absolute atomic E-state index is 12.0. The van der Waals surface area contributed by atoms with Crippen molar-refractivity contribution in [2.75, 3.05) is 13.2 Å². The number of urea groups is 1. The molecule has 1 saturated heterocycles. The summed E-state index contributed by atoms with van der Waals surface area (Å²) in [4.78, 5) is 23.0. The zero-order valence-corrected chi connectivity index (χ0v) is 11.8. The van der Waals surface area contributed by atoms with Crippen molar-refractivity contribution in [3.63, 3.8) is 0 Å². The van der Waals surface area contributed by atoms with Crippen LogP contribution in [0.3, 0.4) is 0 Å². The van der Waals surface area contributed by atoms with Crippen LogP contribution in [0.1, 0.15) is 51.4 Å². The van der Waals surface area contributed by atoms with Gasteiger partial charge in [-0.3, -0.25) is 4.79 Å². The minimum atomic E-state index is -0.855. The zero-order chi connectivity index (χ0) is 14.4.